The highest BCUT2D eigenvalue weighted by Gasteiger charge is 2.20. The van der Waals surface area contributed by atoms with Crippen molar-refractivity contribution in [3.8, 4) is 11.1 Å². The summed E-state index contributed by atoms with van der Waals surface area (Å²) in [4.78, 5) is 0. The summed E-state index contributed by atoms with van der Waals surface area (Å²) in [5.41, 5.74) is 4.00. The number of allylic oxidation sites excluding steroid dienone is 2. The van der Waals surface area contributed by atoms with Crippen LogP contribution in [0.3, 0.4) is 0 Å². The molecule has 0 saturated heterocycles. The second-order valence-corrected chi connectivity index (χ2v) is 7.01. The van der Waals surface area contributed by atoms with E-state index in [-0.39, 0.29) is 0 Å². The fraction of sp³-hybridized carbons (Fsp3) is 0.364. The molecule has 1 aliphatic carbocycles. The molecule has 2 aromatic rings. The number of benzene rings is 2. The van der Waals surface area contributed by atoms with Crippen molar-refractivity contribution in [3.63, 3.8) is 0 Å². The molecule has 0 aromatic heterocycles. The first-order chi connectivity index (χ1) is 11.3. The highest BCUT2D eigenvalue weighted by Crippen LogP contribution is 2.37. The lowest BCUT2D eigenvalue weighted by molar-refractivity contribution is 0.375. The van der Waals surface area contributed by atoms with Crippen molar-refractivity contribution in [2.45, 2.75) is 44.9 Å². The predicted molar refractivity (Wildman–Crippen MR) is 101 cm³/mol. The van der Waals surface area contributed by atoms with Gasteiger partial charge in [0, 0.05) is 5.02 Å². The van der Waals surface area contributed by atoms with E-state index >= 15 is 0 Å². The molecule has 120 valence electrons. The van der Waals surface area contributed by atoms with Crippen molar-refractivity contribution in [3.05, 3.63) is 71.3 Å². The van der Waals surface area contributed by atoms with Crippen LogP contribution < -0.4 is 0 Å². The van der Waals surface area contributed by atoms with Crippen molar-refractivity contribution >= 4 is 11.6 Å². The van der Waals surface area contributed by atoms with Crippen LogP contribution in [-0.4, -0.2) is 0 Å². The monoisotopic (exact) mass is 324 g/mol. The lowest BCUT2D eigenvalue weighted by Crippen LogP contribution is -2.11. The molecule has 0 N–H and O–H groups in total. The zero-order valence-electron chi connectivity index (χ0n) is 13.8. The third-order valence-electron chi connectivity index (χ3n) is 4.98. The first-order valence-corrected chi connectivity index (χ1v) is 9.16. The minimum Gasteiger partial charge on any atom is -0.0885 e. The van der Waals surface area contributed by atoms with E-state index in [0.717, 1.165) is 23.3 Å². The van der Waals surface area contributed by atoms with E-state index in [1.54, 1.807) is 0 Å². The maximum absolute atomic E-state index is 5.96. The van der Waals surface area contributed by atoms with Crippen molar-refractivity contribution < 1.29 is 0 Å². The van der Waals surface area contributed by atoms with Gasteiger partial charge in [0.25, 0.3) is 0 Å². The average molecular weight is 325 g/mol. The Balaban J connectivity index is 1.64. The molecule has 1 heteroatoms. The predicted octanol–water partition coefficient (Wildman–Crippen LogP) is 7.25. The second-order valence-electron chi connectivity index (χ2n) is 6.58. The van der Waals surface area contributed by atoms with Gasteiger partial charge in [-0.2, -0.15) is 0 Å². The topological polar surface area (TPSA) is 0 Å². The molecular weight excluding hydrogens is 300 g/mol. The number of hydrogen-bond donors (Lipinski definition) is 0. The molecule has 1 fully saturated rings. The van der Waals surface area contributed by atoms with Crippen LogP contribution in [0.15, 0.2) is 60.7 Å². The summed E-state index contributed by atoms with van der Waals surface area (Å²) >= 11 is 5.96. The summed E-state index contributed by atoms with van der Waals surface area (Å²) in [6.45, 7) is 2.21. The summed E-state index contributed by atoms with van der Waals surface area (Å²) in [6, 6.07) is 17.2. The van der Waals surface area contributed by atoms with E-state index in [2.05, 4.69) is 55.5 Å². The van der Waals surface area contributed by atoms with Gasteiger partial charge in [0.05, 0.1) is 0 Å². The Morgan fingerprint density at radius 2 is 1.43 bits per heavy atom. The van der Waals surface area contributed by atoms with E-state index in [1.165, 1.54) is 42.4 Å². The van der Waals surface area contributed by atoms with E-state index < -0.39 is 0 Å². The van der Waals surface area contributed by atoms with E-state index in [1.807, 2.05) is 12.1 Å². The van der Waals surface area contributed by atoms with E-state index in [9.17, 15) is 0 Å². The lowest BCUT2D eigenvalue weighted by Gasteiger charge is -2.27. The zero-order chi connectivity index (χ0) is 16.1. The van der Waals surface area contributed by atoms with Gasteiger partial charge in [-0.25, -0.2) is 0 Å². The fourth-order valence-corrected chi connectivity index (χ4v) is 3.69. The molecule has 0 unspecified atom stereocenters. The third kappa shape index (κ3) is 4.26. The maximum Gasteiger partial charge on any atom is 0.0406 e. The summed E-state index contributed by atoms with van der Waals surface area (Å²) in [5, 5.41) is 0.791. The SMILES string of the molecule is CCC=C[C@H]1CC[C@H](c2ccc(-c3ccc(Cl)cc3)cc2)CC1. The second kappa shape index (κ2) is 7.84. The molecular formula is C22H25Cl. The molecule has 0 heterocycles. The summed E-state index contributed by atoms with van der Waals surface area (Å²) in [7, 11) is 0. The van der Waals surface area contributed by atoms with E-state index in [4.69, 9.17) is 11.6 Å². The van der Waals surface area contributed by atoms with Crippen LogP contribution in [0.25, 0.3) is 11.1 Å². The van der Waals surface area contributed by atoms with Crippen LogP contribution in [0, 0.1) is 5.92 Å². The quantitative estimate of drug-likeness (QED) is 0.519. The Kier molecular flexibility index (Phi) is 5.56. The van der Waals surface area contributed by atoms with Crippen LogP contribution in [-0.2, 0) is 0 Å². The van der Waals surface area contributed by atoms with Crippen molar-refractivity contribution in [1.82, 2.24) is 0 Å². The molecule has 2 aromatic carbocycles. The standard InChI is InChI=1S/C22H25Cl/c1-2-3-4-17-5-7-18(8-6-17)19-9-11-20(12-10-19)21-13-15-22(23)16-14-21/h3-4,9-18H,2,5-8H2,1H3/t17-,18-. The Morgan fingerprint density at radius 1 is 0.870 bits per heavy atom. The first-order valence-electron chi connectivity index (χ1n) is 8.79. The van der Waals surface area contributed by atoms with Gasteiger partial charge in [-0.15, -0.1) is 0 Å². The first kappa shape index (κ1) is 16.3. The Morgan fingerprint density at radius 3 is 2.00 bits per heavy atom. The molecule has 0 aliphatic heterocycles. The van der Waals surface area contributed by atoms with Crippen LogP contribution in [0.4, 0.5) is 0 Å². The smallest absolute Gasteiger partial charge is 0.0406 e. The number of halogens is 1. The Hall–Kier alpha value is -1.53. The van der Waals surface area contributed by atoms with Crippen molar-refractivity contribution in [2.24, 2.45) is 5.92 Å². The number of hydrogen-bond acceptors (Lipinski definition) is 0. The summed E-state index contributed by atoms with van der Waals surface area (Å²) in [5.74, 6) is 1.54. The zero-order valence-corrected chi connectivity index (χ0v) is 14.6. The minimum atomic E-state index is 0.737. The van der Waals surface area contributed by atoms with Gasteiger partial charge < -0.3 is 0 Å². The van der Waals surface area contributed by atoms with Gasteiger partial charge in [-0.05, 0) is 72.8 Å². The van der Waals surface area contributed by atoms with Gasteiger partial charge in [-0.1, -0.05) is 67.1 Å². The number of rotatable bonds is 4. The highest BCUT2D eigenvalue weighted by atomic mass is 35.5. The lowest BCUT2D eigenvalue weighted by atomic mass is 9.78. The molecule has 3 rings (SSSR count). The Bertz CT molecular complexity index is 629. The van der Waals surface area contributed by atoms with Crippen LogP contribution >= 0.6 is 11.6 Å². The summed E-state index contributed by atoms with van der Waals surface area (Å²) in [6.07, 6.45) is 11.2. The molecule has 1 saturated carbocycles. The normalized spacial score (nSPS) is 21.7. The molecule has 0 spiro atoms. The average Bonchev–Trinajstić information content (AvgIpc) is 2.61. The van der Waals surface area contributed by atoms with Crippen LogP contribution in [0.1, 0.15) is 50.5 Å². The van der Waals surface area contributed by atoms with Gasteiger partial charge in [0.1, 0.15) is 0 Å². The Labute approximate surface area is 145 Å². The van der Waals surface area contributed by atoms with Gasteiger partial charge >= 0.3 is 0 Å². The van der Waals surface area contributed by atoms with Crippen LogP contribution in [0.5, 0.6) is 0 Å². The van der Waals surface area contributed by atoms with Gasteiger partial charge in [-0.3, -0.25) is 0 Å². The molecule has 23 heavy (non-hydrogen) atoms. The van der Waals surface area contributed by atoms with Crippen molar-refractivity contribution in [1.29, 1.82) is 0 Å². The molecule has 0 nitrogen and oxygen atoms in total. The molecule has 0 radical (unpaired) electrons. The largest absolute Gasteiger partial charge is 0.0885 e. The third-order valence-corrected chi connectivity index (χ3v) is 5.23. The minimum absolute atomic E-state index is 0.737. The summed E-state index contributed by atoms with van der Waals surface area (Å²) < 4.78 is 0. The van der Waals surface area contributed by atoms with Crippen molar-refractivity contribution in [2.75, 3.05) is 0 Å². The van der Waals surface area contributed by atoms with E-state index in [0.29, 0.717) is 0 Å². The molecule has 1 aliphatic rings. The molecule has 0 amide bonds. The van der Waals surface area contributed by atoms with Gasteiger partial charge in [0.2, 0.25) is 0 Å². The van der Waals surface area contributed by atoms with Crippen LogP contribution in [0.2, 0.25) is 5.02 Å². The molecule has 0 bridgehead atoms. The molecule has 0 atom stereocenters. The highest BCUT2D eigenvalue weighted by molar-refractivity contribution is 6.30. The fourth-order valence-electron chi connectivity index (χ4n) is 3.56. The van der Waals surface area contributed by atoms with Gasteiger partial charge in [0.15, 0.2) is 0 Å². The maximum atomic E-state index is 5.96.